The molecule has 1 aliphatic carbocycles. The fraction of sp³-hybridized carbons (Fsp3) is 0.684. The largest absolute Gasteiger partial charge is 0.508 e. The topological polar surface area (TPSA) is 32.3 Å². The molecular weight excluding hydrogens is 258 g/mol. The van der Waals surface area contributed by atoms with Crippen LogP contribution < -0.4 is 5.32 Å². The van der Waals surface area contributed by atoms with Crippen LogP contribution in [0.2, 0.25) is 0 Å². The Bertz CT molecular complexity index is 404. The van der Waals surface area contributed by atoms with Gasteiger partial charge in [-0.25, -0.2) is 0 Å². The maximum atomic E-state index is 9.41. The highest BCUT2D eigenvalue weighted by Gasteiger charge is 2.28. The minimum atomic E-state index is 0.358. The zero-order valence-corrected chi connectivity index (χ0v) is 13.8. The van der Waals surface area contributed by atoms with Crippen LogP contribution in [0.4, 0.5) is 0 Å². The molecule has 1 saturated carbocycles. The molecule has 2 rings (SSSR count). The van der Waals surface area contributed by atoms with Crippen molar-refractivity contribution in [2.24, 2.45) is 17.8 Å². The molecule has 1 atom stereocenters. The molecule has 2 heteroatoms. The van der Waals surface area contributed by atoms with Crippen molar-refractivity contribution < 1.29 is 5.11 Å². The van der Waals surface area contributed by atoms with Crippen molar-refractivity contribution in [1.29, 1.82) is 0 Å². The number of aromatic hydroxyl groups is 1. The highest BCUT2D eigenvalue weighted by Crippen LogP contribution is 2.35. The van der Waals surface area contributed by atoms with Crippen LogP contribution in [0, 0.1) is 17.8 Å². The Labute approximate surface area is 130 Å². The zero-order chi connectivity index (χ0) is 15.2. The second-order valence-electron chi connectivity index (χ2n) is 6.95. The predicted molar refractivity (Wildman–Crippen MR) is 89.6 cm³/mol. The molecule has 0 amide bonds. The van der Waals surface area contributed by atoms with Crippen LogP contribution in [0.15, 0.2) is 24.3 Å². The van der Waals surface area contributed by atoms with Crippen LogP contribution in [0.25, 0.3) is 0 Å². The summed E-state index contributed by atoms with van der Waals surface area (Å²) in [5.41, 5.74) is 1.32. The lowest BCUT2D eigenvalue weighted by atomic mass is 9.73. The summed E-state index contributed by atoms with van der Waals surface area (Å²) in [6.45, 7) is 7.96. The van der Waals surface area contributed by atoms with Crippen LogP contribution in [0.3, 0.4) is 0 Å². The molecular formula is C19H31NO. The quantitative estimate of drug-likeness (QED) is 0.815. The normalized spacial score (nSPS) is 24.2. The lowest BCUT2D eigenvalue weighted by molar-refractivity contribution is 0.188. The summed E-state index contributed by atoms with van der Waals surface area (Å²) in [5, 5.41) is 13.1. The predicted octanol–water partition coefficient (Wildman–Crippen LogP) is 4.38. The molecule has 1 fully saturated rings. The molecule has 2 N–H and O–H groups in total. The van der Waals surface area contributed by atoms with E-state index in [0.717, 1.165) is 30.7 Å². The van der Waals surface area contributed by atoms with Crippen molar-refractivity contribution in [2.45, 2.75) is 58.9 Å². The fourth-order valence-electron chi connectivity index (χ4n) is 3.77. The minimum absolute atomic E-state index is 0.358. The number of hydrogen-bond donors (Lipinski definition) is 2. The van der Waals surface area contributed by atoms with Gasteiger partial charge in [-0.05, 0) is 74.1 Å². The first-order valence-corrected chi connectivity index (χ1v) is 8.61. The third-order valence-electron chi connectivity index (χ3n) is 5.19. The first kappa shape index (κ1) is 16.4. The van der Waals surface area contributed by atoms with E-state index >= 15 is 0 Å². The summed E-state index contributed by atoms with van der Waals surface area (Å²) in [5.74, 6) is 2.92. The van der Waals surface area contributed by atoms with Crippen molar-refractivity contribution in [1.82, 2.24) is 5.32 Å². The van der Waals surface area contributed by atoms with Gasteiger partial charge in [-0.3, -0.25) is 0 Å². The van der Waals surface area contributed by atoms with E-state index in [2.05, 4.69) is 38.2 Å². The molecule has 2 nitrogen and oxygen atoms in total. The van der Waals surface area contributed by atoms with Crippen LogP contribution in [-0.4, -0.2) is 17.7 Å². The minimum Gasteiger partial charge on any atom is -0.508 e. The van der Waals surface area contributed by atoms with Gasteiger partial charge in [0.25, 0.3) is 0 Å². The molecule has 0 spiro atoms. The Morgan fingerprint density at radius 2 is 1.62 bits per heavy atom. The lowest BCUT2D eigenvalue weighted by Gasteiger charge is -2.36. The molecule has 118 valence electrons. The smallest absolute Gasteiger partial charge is 0.115 e. The molecule has 1 aliphatic rings. The SMILES string of the molecule is CCNC(Cc1ccc(O)cc1)C1CCC(C(C)C)CC1. The molecule has 0 aliphatic heterocycles. The number of hydrogen-bond acceptors (Lipinski definition) is 2. The monoisotopic (exact) mass is 289 g/mol. The van der Waals surface area contributed by atoms with Crippen molar-refractivity contribution >= 4 is 0 Å². The third-order valence-corrected chi connectivity index (χ3v) is 5.19. The first-order valence-electron chi connectivity index (χ1n) is 8.61. The van der Waals surface area contributed by atoms with E-state index in [1.165, 1.54) is 31.2 Å². The fourth-order valence-corrected chi connectivity index (χ4v) is 3.77. The molecule has 0 aromatic heterocycles. The maximum absolute atomic E-state index is 9.41. The summed E-state index contributed by atoms with van der Waals surface area (Å²) >= 11 is 0. The van der Waals surface area contributed by atoms with Crippen LogP contribution >= 0.6 is 0 Å². The van der Waals surface area contributed by atoms with E-state index in [4.69, 9.17) is 0 Å². The van der Waals surface area contributed by atoms with Gasteiger partial charge < -0.3 is 10.4 Å². The number of nitrogens with one attached hydrogen (secondary N) is 1. The van der Waals surface area contributed by atoms with Crippen molar-refractivity contribution in [3.63, 3.8) is 0 Å². The standard InChI is InChI=1S/C19H31NO/c1-4-20-19(13-15-5-11-18(21)12-6-15)17-9-7-16(8-10-17)14(2)3/h5-6,11-12,14,16-17,19-21H,4,7-10,13H2,1-3H3. The second kappa shape index (κ2) is 7.84. The van der Waals surface area contributed by atoms with Crippen molar-refractivity contribution in [2.75, 3.05) is 6.54 Å². The number of rotatable bonds is 6. The highest BCUT2D eigenvalue weighted by molar-refractivity contribution is 5.26. The average Bonchev–Trinajstić information content (AvgIpc) is 2.49. The molecule has 0 saturated heterocycles. The summed E-state index contributed by atoms with van der Waals surface area (Å²) < 4.78 is 0. The Morgan fingerprint density at radius 3 is 2.14 bits per heavy atom. The Hall–Kier alpha value is -1.02. The van der Waals surface area contributed by atoms with E-state index < -0.39 is 0 Å². The van der Waals surface area contributed by atoms with Crippen molar-refractivity contribution in [3.05, 3.63) is 29.8 Å². The molecule has 21 heavy (non-hydrogen) atoms. The number of phenolic OH excluding ortho intramolecular Hbond substituents is 1. The van der Waals surface area contributed by atoms with Gasteiger partial charge in [-0.15, -0.1) is 0 Å². The molecule has 0 radical (unpaired) electrons. The Kier molecular flexibility index (Phi) is 6.10. The Morgan fingerprint density at radius 1 is 1.05 bits per heavy atom. The van der Waals surface area contributed by atoms with Gasteiger partial charge >= 0.3 is 0 Å². The van der Waals surface area contributed by atoms with Crippen LogP contribution in [-0.2, 0) is 6.42 Å². The van der Waals surface area contributed by atoms with Crippen molar-refractivity contribution in [3.8, 4) is 5.75 Å². The summed E-state index contributed by atoms with van der Waals surface area (Å²) in [7, 11) is 0. The van der Waals surface area contributed by atoms with E-state index in [1.54, 1.807) is 12.1 Å². The zero-order valence-electron chi connectivity index (χ0n) is 13.8. The second-order valence-corrected chi connectivity index (χ2v) is 6.95. The first-order chi connectivity index (χ1) is 10.1. The number of phenols is 1. The van der Waals surface area contributed by atoms with E-state index in [-0.39, 0.29) is 0 Å². The average molecular weight is 289 g/mol. The van der Waals surface area contributed by atoms with Crippen LogP contribution in [0.5, 0.6) is 5.75 Å². The van der Waals surface area contributed by atoms with Gasteiger partial charge in [0, 0.05) is 6.04 Å². The van der Waals surface area contributed by atoms with E-state index in [0.29, 0.717) is 11.8 Å². The highest BCUT2D eigenvalue weighted by atomic mass is 16.3. The van der Waals surface area contributed by atoms with Gasteiger partial charge in [0.05, 0.1) is 0 Å². The van der Waals surface area contributed by atoms with Crippen LogP contribution in [0.1, 0.15) is 52.0 Å². The maximum Gasteiger partial charge on any atom is 0.115 e. The molecule has 0 heterocycles. The number of likely N-dealkylation sites (N-methyl/N-ethyl adjacent to an activating group) is 1. The van der Waals surface area contributed by atoms with Gasteiger partial charge in [0.1, 0.15) is 5.75 Å². The molecule has 0 bridgehead atoms. The van der Waals surface area contributed by atoms with Gasteiger partial charge in [0.2, 0.25) is 0 Å². The molecule has 1 unspecified atom stereocenters. The van der Waals surface area contributed by atoms with Gasteiger partial charge in [-0.1, -0.05) is 32.9 Å². The Balaban J connectivity index is 1.94. The number of benzene rings is 1. The summed E-state index contributed by atoms with van der Waals surface area (Å²) in [6.07, 6.45) is 6.57. The van der Waals surface area contributed by atoms with Gasteiger partial charge in [0.15, 0.2) is 0 Å². The lowest BCUT2D eigenvalue weighted by Crippen LogP contribution is -2.40. The summed E-state index contributed by atoms with van der Waals surface area (Å²) in [4.78, 5) is 0. The molecule has 1 aromatic rings. The molecule has 1 aromatic carbocycles. The van der Waals surface area contributed by atoms with E-state index in [1.807, 2.05) is 0 Å². The van der Waals surface area contributed by atoms with E-state index in [9.17, 15) is 5.11 Å². The summed E-state index contributed by atoms with van der Waals surface area (Å²) in [6, 6.07) is 8.29. The van der Waals surface area contributed by atoms with Gasteiger partial charge in [-0.2, -0.15) is 0 Å². The third kappa shape index (κ3) is 4.74.